The summed E-state index contributed by atoms with van der Waals surface area (Å²) in [5.74, 6) is 2.79. The van der Waals surface area contributed by atoms with Gasteiger partial charge in [0.2, 0.25) is 0 Å². The molecule has 0 aliphatic carbocycles. The van der Waals surface area contributed by atoms with Crippen molar-refractivity contribution >= 4 is 11.8 Å². The molecule has 2 heterocycles. The number of ether oxygens (including phenoxy) is 1. The number of aliphatic imine (C=N–C) groups is 1. The number of pyridine rings is 1. The lowest BCUT2D eigenvalue weighted by atomic mass is 10.1. The fourth-order valence-electron chi connectivity index (χ4n) is 3.61. The third kappa shape index (κ3) is 7.12. The zero-order valence-electron chi connectivity index (χ0n) is 20.0. The molecule has 174 valence electrons. The van der Waals surface area contributed by atoms with E-state index in [0.717, 1.165) is 74.4 Å². The summed E-state index contributed by atoms with van der Waals surface area (Å²) in [5, 5.41) is 6.80. The fourth-order valence-corrected chi connectivity index (χ4v) is 3.61. The third-order valence-corrected chi connectivity index (χ3v) is 5.53. The Morgan fingerprint density at radius 3 is 2.66 bits per heavy atom. The molecule has 0 bridgehead atoms. The number of piperazine rings is 1. The lowest BCUT2D eigenvalue weighted by Gasteiger charge is -2.33. The van der Waals surface area contributed by atoms with Crippen molar-refractivity contribution in [1.82, 2.24) is 20.5 Å². The molecule has 1 aromatic heterocycles. The normalized spacial score (nSPS) is 15.0. The first-order valence-corrected chi connectivity index (χ1v) is 11.7. The molecule has 7 heteroatoms. The Hall–Kier alpha value is -2.80. The first kappa shape index (κ1) is 23.9. The van der Waals surface area contributed by atoms with Crippen LogP contribution >= 0.6 is 0 Å². The predicted octanol–water partition coefficient (Wildman–Crippen LogP) is 3.19. The van der Waals surface area contributed by atoms with Crippen LogP contribution in [0.3, 0.4) is 0 Å². The van der Waals surface area contributed by atoms with Gasteiger partial charge in [0.05, 0.1) is 13.2 Å². The highest BCUT2D eigenvalue weighted by molar-refractivity contribution is 5.79. The van der Waals surface area contributed by atoms with Crippen LogP contribution in [0.5, 0.6) is 5.75 Å². The van der Waals surface area contributed by atoms with Crippen molar-refractivity contribution in [2.45, 2.75) is 40.3 Å². The van der Waals surface area contributed by atoms with E-state index in [0.29, 0.717) is 13.1 Å². The maximum absolute atomic E-state index is 5.95. The zero-order chi connectivity index (χ0) is 22.8. The monoisotopic (exact) mass is 438 g/mol. The first-order chi connectivity index (χ1) is 15.6. The first-order valence-electron chi connectivity index (χ1n) is 11.7. The average molecular weight is 439 g/mol. The Balaban J connectivity index is 1.64. The molecule has 0 radical (unpaired) electrons. The Bertz CT molecular complexity index is 876. The van der Waals surface area contributed by atoms with Crippen LogP contribution < -0.4 is 20.3 Å². The molecule has 1 saturated heterocycles. The highest BCUT2D eigenvalue weighted by Crippen LogP contribution is 2.20. The van der Waals surface area contributed by atoms with Gasteiger partial charge in [-0.2, -0.15) is 0 Å². The van der Waals surface area contributed by atoms with Crippen molar-refractivity contribution < 1.29 is 4.74 Å². The van der Waals surface area contributed by atoms with Gasteiger partial charge < -0.3 is 25.2 Å². The SMILES string of the molecule is CCCOc1cc(C)ccc1CNC(=NCc1ccnc(N2CCN(C)CC2)c1)NCC. The van der Waals surface area contributed by atoms with Gasteiger partial charge in [-0.05, 0) is 56.6 Å². The molecule has 1 aliphatic heterocycles. The minimum atomic E-state index is 0.603. The van der Waals surface area contributed by atoms with Gasteiger partial charge in [0.1, 0.15) is 11.6 Å². The molecule has 1 aromatic carbocycles. The number of anilines is 1. The van der Waals surface area contributed by atoms with Gasteiger partial charge in [-0.3, -0.25) is 0 Å². The number of rotatable bonds is 9. The van der Waals surface area contributed by atoms with Crippen molar-refractivity contribution in [2.75, 3.05) is 51.3 Å². The number of likely N-dealkylation sites (N-methyl/N-ethyl adjacent to an activating group) is 1. The number of nitrogens with one attached hydrogen (secondary N) is 2. The molecule has 0 spiro atoms. The van der Waals surface area contributed by atoms with Crippen LogP contribution in [0.25, 0.3) is 0 Å². The quantitative estimate of drug-likeness (QED) is 0.463. The number of guanidine groups is 1. The molecule has 1 aliphatic rings. The summed E-state index contributed by atoms with van der Waals surface area (Å²) in [6.45, 7) is 13.3. The van der Waals surface area contributed by atoms with Crippen LogP contribution in [0.1, 0.15) is 37.0 Å². The average Bonchev–Trinajstić information content (AvgIpc) is 2.81. The van der Waals surface area contributed by atoms with Gasteiger partial charge in [0, 0.05) is 51.0 Å². The summed E-state index contributed by atoms with van der Waals surface area (Å²) in [5.41, 5.74) is 3.50. The van der Waals surface area contributed by atoms with Crippen molar-refractivity contribution in [3.63, 3.8) is 0 Å². The second-order valence-electron chi connectivity index (χ2n) is 8.32. The van der Waals surface area contributed by atoms with E-state index in [9.17, 15) is 0 Å². The van der Waals surface area contributed by atoms with Gasteiger partial charge in [-0.15, -0.1) is 0 Å². The lowest BCUT2D eigenvalue weighted by molar-refractivity contribution is 0.312. The largest absolute Gasteiger partial charge is 0.493 e. The molecular formula is C25H38N6O. The zero-order valence-corrected chi connectivity index (χ0v) is 20.0. The maximum atomic E-state index is 5.95. The molecule has 0 atom stereocenters. The van der Waals surface area contributed by atoms with E-state index < -0.39 is 0 Å². The van der Waals surface area contributed by atoms with Crippen molar-refractivity contribution in [1.29, 1.82) is 0 Å². The number of benzene rings is 1. The molecule has 2 aromatic rings. The third-order valence-electron chi connectivity index (χ3n) is 5.53. The number of nitrogens with zero attached hydrogens (tertiary/aromatic N) is 4. The molecule has 32 heavy (non-hydrogen) atoms. The maximum Gasteiger partial charge on any atom is 0.191 e. The summed E-state index contributed by atoms with van der Waals surface area (Å²) >= 11 is 0. The Morgan fingerprint density at radius 1 is 1.09 bits per heavy atom. The van der Waals surface area contributed by atoms with Crippen LogP contribution in [-0.2, 0) is 13.1 Å². The summed E-state index contributed by atoms with van der Waals surface area (Å²) in [4.78, 5) is 14.1. The molecule has 0 unspecified atom stereocenters. The van der Waals surface area contributed by atoms with E-state index in [1.807, 2.05) is 12.3 Å². The van der Waals surface area contributed by atoms with E-state index in [4.69, 9.17) is 9.73 Å². The van der Waals surface area contributed by atoms with Gasteiger partial charge in [-0.25, -0.2) is 9.98 Å². The number of hydrogen-bond donors (Lipinski definition) is 2. The van der Waals surface area contributed by atoms with E-state index in [1.54, 1.807) is 0 Å². The molecular weight excluding hydrogens is 400 g/mol. The molecule has 0 amide bonds. The second kappa shape index (κ2) is 12.3. The minimum absolute atomic E-state index is 0.603. The Kier molecular flexibility index (Phi) is 9.16. The van der Waals surface area contributed by atoms with E-state index in [-0.39, 0.29) is 0 Å². The summed E-state index contributed by atoms with van der Waals surface area (Å²) in [7, 11) is 2.17. The fraction of sp³-hybridized carbons (Fsp3) is 0.520. The topological polar surface area (TPSA) is 65.0 Å². The van der Waals surface area contributed by atoms with Crippen LogP contribution in [0.15, 0.2) is 41.5 Å². The summed E-state index contributed by atoms with van der Waals surface area (Å²) < 4.78 is 5.95. The number of aromatic nitrogens is 1. The summed E-state index contributed by atoms with van der Waals surface area (Å²) in [6.07, 6.45) is 2.88. The number of aryl methyl sites for hydroxylation is 1. The minimum Gasteiger partial charge on any atom is -0.493 e. The van der Waals surface area contributed by atoms with Gasteiger partial charge >= 0.3 is 0 Å². The number of hydrogen-bond acceptors (Lipinski definition) is 5. The molecule has 7 nitrogen and oxygen atoms in total. The second-order valence-corrected chi connectivity index (χ2v) is 8.32. The Labute approximate surface area is 192 Å². The van der Waals surface area contributed by atoms with Crippen molar-refractivity contribution in [2.24, 2.45) is 4.99 Å². The smallest absolute Gasteiger partial charge is 0.191 e. The van der Waals surface area contributed by atoms with E-state index in [2.05, 4.69) is 77.5 Å². The van der Waals surface area contributed by atoms with Crippen molar-refractivity contribution in [3.8, 4) is 5.75 Å². The molecule has 2 N–H and O–H groups in total. The van der Waals surface area contributed by atoms with E-state index >= 15 is 0 Å². The van der Waals surface area contributed by atoms with Crippen LogP contribution in [0, 0.1) is 6.92 Å². The highest BCUT2D eigenvalue weighted by atomic mass is 16.5. The van der Waals surface area contributed by atoms with Gasteiger partial charge in [-0.1, -0.05) is 19.1 Å². The van der Waals surface area contributed by atoms with E-state index in [1.165, 1.54) is 5.56 Å². The van der Waals surface area contributed by atoms with Gasteiger partial charge in [0.15, 0.2) is 5.96 Å². The molecule has 0 saturated carbocycles. The van der Waals surface area contributed by atoms with Crippen molar-refractivity contribution in [3.05, 3.63) is 53.2 Å². The van der Waals surface area contributed by atoms with Crippen LogP contribution in [0.2, 0.25) is 0 Å². The predicted molar refractivity (Wildman–Crippen MR) is 133 cm³/mol. The van der Waals surface area contributed by atoms with Crippen LogP contribution in [0.4, 0.5) is 5.82 Å². The standard InChI is InChI=1S/C25H38N6O/c1-5-15-32-23-16-20(3)7-8-22(23)19-29-25(26-6-2)28-18-21-9-10-27-24(17-21)31-13-11-30(4)12-14-31/h7-10,16-17H,5-6,11-15,18-19H2,1-4H3,(H2,26,28,29). The molecule has 3 rings (SSSR count). The summed E-state index contributed by atoms with van der Waals surface area (Å²) in [6, 6.07) is 10.6. The lowest BCUT2D eigenvalue weighted by Crippen LogP contribution is -2.44. The Morgan fingerprint density at radius 2 is 1.91 bits per heavy atom. The van der Waals surface area contributed by atoms with Gasteiger partial charge in [0.25, 0.3) is 0 Å². The van der Waals surface area contributed by atoms with Crippen LogP contribution in [-0.4, -0.2) is 62.2 Å². The molecule has 1 fully saturated rings. The highest BCUT2D eigenvalue weighted by Gasteiger charge is 2.15.